The molecule has 14 nitrogen and oxygen atoms in total. The number of carbonyl (C=O) groups is 4. The smallest absolute Gasteiger partial charge is 0.274 e. The van der Waals surface area contributed by atoms with Gasteiger partial charge in [0.2, 0.25) is 17.7 Å². The van der Waals surface area contributed by atoms with Gasteiger partial charge in [-0.1, -0.05) is 44.2 Å². The van der Waals surface area contributed by atoms with Gasteiger partial charge in [-0.2, -0.15) is 5.10 Å². The summed E-state index contributed by atoms with van der Waals surface area (Å²) in [5.74, 6) is -0.861. The maximum atomic E-state index is 13.5. The predicted molar refractivity (Wildman–Crippen MR) is 181 cm³/mol. The van der Waals surface area contributed by atoms with Crippen LogP contribution in [0.2, 0.25) is 0 Å². The van der Waals surface area contributed by atoms with E-state index in [0.29, 0.717) is 35.7 Å². The largest absolute Gasteiger partial charge is 0.443 e. The molecule has 0 unspecified atom stereocenters. The van der Waals surface area contributed by atoms with Crippen LogP contribution in [0.3, 0.4) is 0 Å². The number of fused-ring (bicyclic) bond motifs is 4. The number of aromatic amines is 1. The van der Waals surface area contributed by atoms with Crippen molar-refractivity contribution in [3.05, 3.63) is 97.5 Å². The first kappa shape index (κ1) is 35.1. The summed E-state index contributed by atoms with van der Waals surface area (Å²) in [5, 5.41) is 17.4. The van der Waals surface area contributed by atoms with Crippen LogP contribution in [0.25, 0.3) is 0 Å². The van der Waals surface area contributed by atoms with E-state index in [1.54, 1.807) is 23.3 Å². The molecular weight excluding hydrogens is 648 g/mol. The molecule has 1 aliphatic rings. The highest BCUT2D eigenvalue weighted by Crippen LogP contribution is 2.27. The number of amides is 4. The average Bonchev–Trinajstić information content (AvgIpc) is 3.73. The average molecular weight is 689 g/mol. The normalized spacial score (nSPS) is 18.0. The van der Waals surface area contributed by atoms with Gasteiger partial charge in [0.1, 0.15) is 22.5 Å². The minimum absolute atomic E-state index is 0.0634. The van der Waals surface area contributed by atoms with Gasteiger partial charge in [0.25, 0.3) is 17.4 Å². The van der Waals surface area contributed by atoms with Crippen molar-refractivity contribution in [1.82, 2.24) is 41.0 Å². The van der Waals surface area contributed by atoms with E-state index in [0.717, 1.165) is 5.56 Å². The van der Waals surface area contributed by atoms with Crippen LogP contribution in [0, 0.1) is 12.8 Å². The number of nitrogens with one attached hydrogen (secondary N) is 4. The molecule has 15 heteroatoms. The molecule has 0 spiro atoms. The van der Waals surface area contributed by atoms with Gasteiger partial charge >= 0.3 is 0 Å². The molecule has 1 aromatic carbocycles. The third kappa shape index (κ3) is 9.47. The van der Waals surface area contributed by atoms with Crippen molar-refractivity contribution in [1.29, 1.82) is 0 Å². The van der Waals surface area contributed by atoms with Gasteiger partial charge in [-0.05, 0) is 30.9 Å². The van der Waals surface area contributed by atoms with Gasteiger partial charge in [-0.3, -0.25) is 24.0 Å². The van der Waals surface area contributed by atoms with Crippen molar-refractivity contribution < 1.29 is 23.6 Å². The van der Waals surface area contributed by atoms with Crippen LogP contribution in [0.4, 0.5) is 0 Å². The van der Waals surface area contributed by atoms with Gasteiger partial charge in [-0.25, -0.2) is 15.1 Å². The van der Waals surface area contributed by atoms with E-state index in [-0.39, 0.29) is 73.0 Å². The summed E-state index contributed by atoms with van der Waals surface area (Å²) < 4.78 is 5.99. The van der Waals surface area contributed by atoms with E-state index in [2.05, 4.69) is 36.1 Å². The van der Waals surface area contributed by atoms with Crippen molar-refractivity contribution in [3.8, 4) is 0 Å². The summed E-state index contributed by atoms with van der Waals surface area (Å²) in [6.07, 6.45) is 1.28. The highest BCUT2D eigenvalue weighted by atomic mass is 32.1. The summed E-state index contributed by atoms with van der Waals surface area (Å²) in [7, 11) is 0. The van der Waals surface area contributed by atoms with Gasteiger partial charge in [-0.15, -0.1) is 11.3 Å². The number of thiazole rings is 1. The lowest BCUT2D eigenvalue weighted by atomic mass is 10.0. The van der Waals surface area contributed by atoms with Crippen LogP contribution in [0.5, 0.6) is 0 Å². The highest BCUT2D eigenvalue weighted by Gasteiger charge is 2.29. The van der Waals surface area contributed by atoms with E-state index < -0.39 is 23.9 Å². The van der Waals surface area contributed by atoms with E-state index in [1.165, 1.54) is 17.4 Å². The summed E-state index contributed by atoms with van der Waals surface area (Å²) in [4.78, 5) is 75.2. The second-order valence-corrected chi connectivity index (χ2v) is 13.1. The van der Waals surface area contributed by atoms with Crippen LogP contribution in [-0.4, -0.2) is 68.3 Å². The van der Waals surface area contributed by atoms with Gasteiger partial charge in [0.15, 0.2) is 5.69 Å². The van der Waals surface area contributed by atoms with Crippen molar-refractivity contribution in [2.45, 2.75) is 65.0 Å². The number of aryl methyl sites for hydroxylation is 2. The van der Waals surface area contributed by atoms with Gasteiger partial charge in [0.05, 0.1) is 11.7 Å². The number of hydrogen-bond acceptors (Lipinski definition) is 10. The molecule has 4 N–H and O–H groups in total. The molecule has 2 atom stereocenters. The Bertz CT molecular complexity index is 1810. The lowest BCUT2D eigenvalue weighted by Crippen LogP contribution is -2.40. The van der Waals surface area contributed by atoms with Crippen LogP contribution in [0.1, 0.15) is 94.1 Å². The van der Waals surface area contributed by atoms with Crippen LogP contribution in [-0.2, 0) is 22.4 Å². The molecule has 4 bridgehead atoms. The minimum atomic E-state index is -0.652. The SMILES string of the molecule is Cc1oc2nc1C(=O)N[C@@H](C(C)C)c1nc(cs1)C(=O)NCCN(C(=O)CCc1ccc(=O)[nH]n1)CCCC(=O)N[C@H]2Cc1ccccc1. The van der Waals surface area contributed by atoms with E-state index in [9.17, 15) is 24.0 Å². The number of benzene rings is 1. The number of nitrogens with zero attached hydrogens (tertiary/aromatic N) is 4. The molecule has 258 valence electrons. The number of rotatable bonds is 6. The Hall–Kier alpha value is -5.18. The fraction of sp³-hybridized carbons (Fsp3) is 0.412. The summed E-state index contributed by atoms with van der Waals surface area (Å²) in [5.41, 5.74) is 1.49. The Balaban J connectivity index is 1.40. The lowest BCUT2D eigenvalue weighted by molar-refractivity contribution is -0.131. The first-order valence-corrected chi connectivity index (χ1v) is 17.1. The topological polar surface area (TPSA) is 192 Å². The third-order valence-corrected chi connectivity index (χ3v) is 9.03. The lowest BCUT2D eigenvalue weighted by Gasteiger charge is -2.23. The zero-order chi connectivity index (χ0) is 34.9. The molecule has 0 aliphatic carbocycles. The van der Waals surface area contributed by atoms with Crippen LogP contribution in [0.15, 0.2) is 57.1 Å². The zero-order valence-corrected chi connectivity index (χ0v) is 28.5. The van der Waals surface area contributed by atoms with Crippen molar-refractivity contribution in [2.75, 3.05) is 19.6 Å². The molecule has 0 saturated carbocycles. The molecule has 5 rings (SSSR count). The highest BCUT2D eigenvalue weighted by molar-refractivity contribution is 7.09. The maximum absolute atomic E-state index is 13.5. The summed E-state index contributed by atoms with van der Waals surface area (Å²) >= 11 is 1.27. The van der Waals surface area contributed by atoms with E-state index in [4.69, 9.17) is 4.42 Å². The summed E-state index contributed by atoms with van der Waals surface area (Å²) in [6.45, 7) is 6.17. The molecule has 4 aromatic rings. The molecule has 0 radical (unpaired) electrons. The van der Waals surface area contributed by atoms with Gasteiger partial charge < -0.3 is 25.3 Å². The van der Waals surface area contributed by atoms with Gasteiger partial charge in [0, 0.05) is 56.8 Å². The van der Waals surface area contributed by atoms with Crippen LogP contribution < -0.4 is 21.5 Å². The molecule has 4 heterocycles. The van der Waals surface area contributed by atoms with Crippen molar-refractivity contribution in [3.63, 3.8) is 0 Å². The monoisotopic (exact) mass is 688 g/mol. The predicted octanol–water partition coefficient (Wildman–Crippen LogP) is 3.03. The molecule has 49 heavy (non-hydrogen) atoms. The number of H-pyrrole nitrogens is 1. The zero-order valence-electron chi connectivity index (χ0n) is 27.7. The molecule has 0 saturated heterocycles. The molecule has 1 aliphatic heterocycles. The number of oxazole rings is 1. The quantitative estimate of drug-likeness (QED) is 0.236. The van der Waals surface area contributed by atoms with Crippen LogP contribution >= 0.6 is 11.3 Å². The second kappa shape index (κ2) is 16.3. The number of hydrogen-bond donors (Lipinski definition) is 4. The Labute approximate surface area is 287 Å². The fourth-order valence-corrected chi connectivity index (χ4v) is 6.46. The van der Waals surface area contributed by atoms with E-state index in [1.807, 2.05) is 44.2 Å². The van der Waals surface area contributed by atoms with Crippen molar-refractivity contribution >= 4 is 35.0 Å². The van der Waals surface area contributed by atoms with E-state index >= 15 is 0 Å². The number of carbonyl (C=O) groups excluding carboxylic acids is 4. The fourth-order valence-electron chi connectivity index (χ4n) is 5.44. The first-order valence-electron chi connectivity index (χ1n) is 16.2. The molecule has 0 fully saturated rings. The first-order chi connectivity index (χ1) is 23.6. The Morgan fingerprint density at radius 3 is 2.55 bits per heavy atom. The standard InChI is InChI=1S/C34H40N8O6S/c1-20(2)29-34-37-25(19-49-34)31(46)35-15-17-42(28(45)14-12-23-11-13-27(44)41-40-23)16-7-10-26(43)36-24(18-22-8-5-4-6-9-22)33-39-30(21(3)48-33)32(47)38-29/h4-6,8-9,11,13,19-20,24,29H,7,10,12,14-18H2,1-3H3,(H,35,46)(H,36,43)(H,38,47)(H,41,44)/t24-,29-/m0/s1. The minimum Gasteiger partial charge on any atom is -0.443 e. The Morgan fingerprint density at radius 2 is 1.82 bits per heavy atom. The Kier molecular flexibility index (Phi) is 11.7. The second-order valence-electron chi connectivity index (χ2n) is 12.2. The molecule has 3 aromatic heterocycles. The van der Waals surface area contributed by atoms with Crippen molar-refractivity contribution in [2.24, 2.45) is 5.92 Å². The maximum Gasteiger partial charge on any atom is 0.274 e. The summed E-state index contributed by atoms with van der Waals surface area (Å²) in [6, 6.07) is 11.4. The third-order valence-electron chi connectivity index (χ3n) is 8.10. The Morgan fingerprint density at radius 1 is 1.02 bits per heavy atom. The number of aromatic nitrogens is 4. The molecule has 4 amide bonds. The molecular formula is C34H40N8O6S.